The van der Waals surface area contributed by atoms with E-state index in [1.54, 1.807) is 6.07 Å². The van der Waals surface area contributed by atoms with E-state index in [1.165, 1.54) is 6.20 Å². The second-order valence-electron chi connectivity index (χ2n) is 4.05. The molecule has 16 heavy (non-hydrogen) atoms. The second kappa shape index (κ2) is 5.80. The van der Waals surface area contributed by atoms with Crippen molar-refractivity contribution in [2.24, 2.45) is 0 Å². The molecule has 0 unspecified atom stereocenters. The van der Waals surface area contributed by atoms with E-state index >= 15 is 0 Å². The van der Waals surface area contributed by atoms with Crippen LogP contribution in [0.25, 0.3) is 0 Å². The highest BCUT2D eigenvalue weighted by molar-refractivity contribution is 5.47. The Morgan fingerprint density at radius 1 is 1.50 bits per heavy atom. The maximum atomic E-state index is 13.1. The van der Waals surface area contributed by atoms with Crippen LogP contribution in [0, 0.1) is 5.82 Å². The Bertz CT molecular complexity index is 339. The van der Waals surface area contributed by atoms with E-state index in [4.69, 9.17) is 0 Å². The molecule has 0 atom stereocenters. The maximum absolute atomic E-state index is 13.1. The first-order valence-corrected chi connectivity index (χ1v) is 5.65. The fraction of sp³-hybridized carbons (Fsp3) is 0.583. The van der Waals surface area contributed by atoms with Crippen molar-refractivity contribution in [3.05, 3.63) is 23.6 Å². The SMILES string of the molecule is CCN(c1ncc(F)cc1CNC)C(C)C. The molecule has 1 aromatic heterocycles. The lowest BCUT2D eigenvalue weighted by Crippen LogP contribution is -2.32. The molecular formula is C12H20FN3. The van der Waals surface area contributed by atoms with Crippen LogP contribution in [0.4, 0.5) is 10.2 Å². The molecule has 0 saturated heterocycles. The monoisotopic (exact) mass is 225 g/mol. The minimum Gasteiger partial charge on any atom is -0.354 e. The largest absolute Gasteiger partial charge is 0.354 e. The highest BCUT2D eigenvalue weighted by Crippen LogP contribution is 2.20. The Labute approximate surface area is 96.7 Å². The molecule has 1 aromatic rings. The normalized spacial score (nSPS) is 10.9. The Balaban J connectivity index is 3.09. The average molecular weight is 225 g/mol. The minimum absolute atomic E-state index is 0.284. The molecule has 0 aromatic carbocycles. The molecular weight excluding hydrogens is 205 g/mol. The third-order valence-corrected chi connectivity index (χ3v) is 2.51. The number of anilines is 1. The van der Waals surface area contributed by atoms with Crippen LogP contribution in [0.15, 0.2) is 12.3 Å². The number of halogens is 1. The summed E-state index contributed by atoms with van der Waals surface area (Å²) in [6.45, 7) is 7.79. The average Bonchev–Trinajstić information content (AvgIpc) is 2.22. The van der Waals surface area contributed by atoms with E-state index in [0.29, 0.717) is 12.6 Å². The molecule has 3 nitrogen and oxygen atoms in total. The molecule has 1 N–H and O–H groups in total. The molecule has 0 saturated carbocycles. The minimum atomic E-state index is -0.284. The molecule has 0 aliphatic carbocycles. The second-order valence-corrected chi connectivity index (χ2v) is 4.05. The third kappa shape index (κ3) is 2.92. The van der Waals surface area contributed by atoms with E-state index in [0.717, 1.165) is 17.9 Å². The summed E-state index contributed by atoms with van der Waals surface area (Å²) in [6.07, 6.45) is 1.28. The predicted octanol–water partition coefficient (Wildman–Crippen LogP) is 2.17. The summed E-state index contributed by atoms with van der Waals surface area (Å²) < 4.78 is 13.1. The van der Waals surface area contributed by atoms with Gasteiger partial charge in [0.15, 0.2) is 0 Å². The Morgan fingerprint density at radius 3 is 2.69 bits per heavy atom. The van der Waals surface area contributed by atoms with Crippen molar-refractivity contribution in [2.75, 3.05) is 18.5 Å². The number of rotatable bonds is 5. The number of hydrogen-bond acceptors (Lipinski definition) is 3. The van der Waals surface area contributed by atoms with Gasteiger partial charge in [-0.2, -0.15) is 0 Å². The van der Waals surface area contributed by atoms with Gasteiger partial charge in [-0.15, -0.1) is 0 Å². The first kappa shape index (κ1) is 12.9. The fourth-order valence-electron chi connectivity index (χ4n) is 1.81. The van der Waals surface area contributed by atoms with E-state index in [1.807, 2.05) is 7.05 Å². The van der Waals surface area contributed by atoms with E-state index < -0.39 is 0 Å². The molecule has 4 heteroatoms. The maximum Gasteiger partial charge on any atom is 0.141 e. The number of hydrogen-bond donors (Lipinski definition) is 1. The van der Waals surface area contributed by atoms with E-state index in [-0.39, 0.29) is 5.82 Å². The van der Waals surface area contributed by atoms with Crippen molar-refractivity contribution in [2.45, 2.75) is 33.4 Å². The van der Waals surface area contributed by atoms with Crippen LogP contribution in [-0.4, -0.2) is 24.6 Å². The number of pyridine rings is 1. The first-order valence-electron chi connectivity index (χ1n) is 5.65. The van der Waals surface area contributed by atoms with Gasteiger partial charge in [-0.05, 0) is 33.9 Å². The molecule has 0 aliphatic rings. The quantitative estimate of drug-likeness (QED) is 0.832. The summed E-state index contributed by atoms with van der Waals surface area (Å²) in [5, 5.41) is 3.04. The van der Waals surface area contributed by atoms with Gasteiger partial charge in [-0.3, -0.25) is 0 Å². The van der Waals surface area contributed by atoms with Crippen molar-refractivity contribution in [1.29, 1.82) is 0 Å². The standard InChI is InChI=1S/C12H20FN3/c1-5-16(9(2)3)12-10(7-14-4)6-11(13)8-15-12/h6,8-9,14H,5,7H2,1-4H3. The lowest BCUT2D eigenvalue weighted by atomic mass is 10.2. The molecule has 0 bridgehead atoms. The van der Waals surface area contributed by atoms with Gasteiger partial charge in [0.2, 0.25) is 0 Å². The molecule has 1 heterocycles. The smallest absolute Gasteiger partial charge is 0.141 e. The summed E-state index contributed by atoms with van der Waals surface area (Å²) in [7, 11) is 1.85. The zero-order valence-electron chi connectivity index (χ0n) is 10.4. The van der Waals surface area contributed by atoms with Crippen molar-refractivity contribution in [1.82, 2.24) is 10.3 Å². The first-order chi connectivity index (χ1) is 7.60. The Morgan fingerprint density at radius 2 is 2.19 bits per heavy atom. The van der Waals surface area contributed by atoms with Crippen LogP contribution in [-0.2, 0) is 6.54 Å². The number of nitrogens with zero attached hydrogens (tertiary/aromatic N) is 2. The highest BCUT2D eigenvalue weighted by atomic mass is 19.1. The van der Waals surface area contributed by atoms with Gasteiger partial charge in [0.05, 0.1) is 6.20 Å². The van der Waals surface area contributed by atoms with Crippen molar-refractivity contribution in [3.8, 4) is 0 Å². The molecule has 90 valence electrons. The molecule has 0 amide bonds. The summed E-state index contributed by atoms with van der Waals surface area (Å²) in [4.78, 5) is 6.36. The number of aromatic nitrogens is 1. The topological polar surface area (TPSA) is 28.2 Å². The van der Waals surface area contributed by atoms with Crippen molar-refractivity contribution >= 4 is 5.82 Å². The van der Waals surface area contributed by atoms with Gasteiger partial charge < -0.3 is 10.2 Å². The van der Waals surface area contributed by atoms with Crippen LogP contribution in [0.3, 0.4) is 0 Å². The van der Waals surface area contributed by atoms with Gasteiger partial charge >= 0.3 is 0 Å². The Kier molecular flexibility index (Phi) is 4.68. The highest BCUT2D eigenvalue weighted by Gasteiger charge is 2.14. The van der Waals surface area contributed by atoms with Crippen LogP contribution < -0.4 is 10.2 Å². The van der Waals surface area contributed by atoms with E-state index in [2.05, 4.69) is 36.0 Å². The van der Waals surface area contributed by atoms with Crippen LogP contribution in [0.5, 0.6) is 0 Å². The zero-order chi connectivity index (χ0) is 12.1. The van der Waals surface area contributed by atoms with Gasteiger partial charge in [0.25, 0.3) is 0 Å². The molecule has 0 spiro atoms. The van der Waals surface area contributed by atoms with Crippen molar-refractivity contribution < 1.29 is 4.39 Å². The molecule has 0 radical (unpaired) electrons. The van der Waals surface area contributed by atoms with Gasteiger partial charge in [0.1, 0.15) is 11.6 Å². The van der Waals surface area contributed by atoms with Gasteiger partial charge in [-0.25, -0.2) is 9.37 Å². The Hall–Kier alpha value is -1.16. The molecule has 0 fully saturated rings. The summed E-state index contributed by atoms with van der Waals surface area (Å²) in [5.74, 6) is 0.585. The van der Waals surface area contributed by atoms with Crippen LogP contribution >= 0.6 is 0 Å². The van der Waals surface area contributed by atoms with Crippen LogP contribution in [0.1, 0.15) is 26.3 Å². The van der Waals surface area contributed by atoms with E-state index in [9.17, 15) is 4.39 Å². The number of nitrogens with one attached hydrogen (secondary N) is 1. The van der Waals surface area contributed by atoms with Gasteiger partial charge in [0, 0.05) is 24.7 Å². The zero-order valence-corrected chi connectivity index (χ0v) is 10.4. The predicted molar refractivity (Wildman–Crippen MR) is 65.1 cm³/mol. The summed E-state index contributed by atoms with van der Waals surface area (Å²) >= 11 is 0. The van der Waals surface area contributed by atoms with Crippen LogP contribution in [0.2, 0.25) is 0 Å². The third-order valence-electron chi connectivity index (χ3n) is 2.51. The molecule has 1 rings (SSSR count). The summed E-state index contributed by atoms with van der Waals surface area (Å²) in [5.41, 5.74) is 0.901. The van der Waals surface area contributed by atoms with Crippen molar-refractivity contribution in [3.63, 3.8) is 0 Å². The summed E-state index contributed by atoms with van der Waals surface area (Å²) in [6, 6.07) is 1.91. The molecule has 0 aliphatic heterocycles. The fourth-order valence-corrected chi connectivity index (χ4v) is 1.81. The van der Waals surface area contributed by atoms with Gasteiger partial charge in [-0.1, -0.05) is 0 Å². The lowest BCUT2D eigenvalue weighted by molar-refractivity contribution is 0.611. The lowest BCUT2D eigenvalue weighted by Gasteiger charge is -2.28.